The van der Waals surface area contributed by atoms with Crippen LogP contribution < -0.4 is 10.5 Å². The zero-order chi connectivity index (χ0) is 13.7. The van der Waals surface area contributed by atoms with E-state index >= 15 is 0 Å². The van der Waals surface area contributed by atoms with E-state index in [0.29, 0.717) is 11.3 Å². The highest BCUT2D eigenvalue weighted by atomic mass is 19.1. The molecule has 0 atom stereocenters. The summed E-state index contributed by atoms with van der Waals surface area (Å²) < 4.78 is 19.6. The highest BCUT2D eigenvalue weighted by Gasteiger charge is 2.19. The van der Waals surface area contributed by atoms with Gasteiger partial charge in [0.1, 0.15) is 11.6 Å². The molecule has 0 amide bonds. The summed E-state index contributed by atoms with van der Waals surface area (Å²) in [5.74, 6) is 6.38. The molecule has 2 nitrogen and oxygen atoms in total. The van der Waals surface area contributed by atoms with E-state index in [1.807, 2.05) is 0 Å². The lowest BCUT2D eigenvalue weighted by Gasteiger charge is -2.26. The highest BCUT2D eigenvalue weighted by Crippen LogP contribution is 2.27. The number of halogens is 1. The molecule has 0 unspecified atom stereocenters. The van der Waals surface area contributed by atoms with Crippen molar-refractivity contribution < 1.29 is 9.13 Å². The van der Waals surface area contributed by atoms with Crippen molar-refractivity contribution in [3.63, 3.8) is 0 Å². The molecular formula is C16H20FNO. The topological polar surface area (TPSA) is 35.2 Å². The highest BCUT2D eigenvalue weighted by molar-refractivity contribution is 5.39. The van der Waals surface area contributed by atoms with E-state index in [2.05, 4.69) is 18.8 Å². The molecule has 0 aromatic heterocycles. The summed E-state index contributed by atoms with van der Waals surface area (Å²) in [7, 11) is 0. The summed E-state index contributed by atoms with van der Waals surface area (Å²) in [5, 5.41) is 0. The van der Waals surface area contributed by atoms with Gasteiger partial charge < -0.3 is 10.5 Å². The van der Waals surface area contributed by atoms with Crippen molar-refractivity contribution >= 4 is 0 Å². The maximum Gasteiger partial charge on any atom is 0.142 e. The Morgan fingerprint density at radius 3 is 2.68 bits per heavy atom. The van der Waals surface area contributed by atoms with Gasteiger partial charge in [-0.15, -0.1) is 0 Å². The second-order valence-corrected chi connectivity index (χ2v) is 5.15. The predicted molar refractivity (Wildman–Crippen MR) is 74.4 cm³/mol. The van der Waals surface area contributed by atoms with Crippen molar-refractivity contribution in [2.24, 2.45) is 11.7 Å². The van der Waals surface area contributed by atoms with E-state index in [4.69, 9.17) is 10.5 Å². The normalized spacial score (nSPS) is 22.5. The van der Waals surface area contributed by atoms with Crippen LogP contribution in [0.3, 0.4) is 0 Å². The van der Waals surface area contributed by atoms with E-state index in [1.165, 1.54) is 18.9 Å². The smallest absolute Gasteiger partial charge is 0.142 e. The zero-order valence-corrected chi connectivity index (χ0v) is 11.3. The maximum absolute atomic E-state index is 13.8. The van der Waals surface area contributed by atoms with Gasteiger partial charge in [0.05, 0.1) is 18.2 Å². The molecular weight excluding hydrogens is 241 g/mol. The molecule has 102 valence electrons. The number of hydrogen-bond acceptors (Lipinski definition) is 2. The Morgan fingerprint density at radius 1 is 1.32 bits per heavy atom. The van der Waals surface area contributed by atoms with Crippen LogP contribution in [0.4, 0.5) is 4.39 Å². The molecule has 0 spiro atoms. The molecule has 1 saturated carbocycles. The molecule has 0 heterocycles. The Morgan fingerprint density at radius 2 is 2.05 bits per heavy atom. The van der Waals surface area contributed by atoms with Gasteiger partial charge in [-0.2, -0.15) is 0 Å². The quantitative estimate of drug-likeness (QED) is 0.830. The Kier molecular flexibility index (Phi) is 4.81. The van der Waals surface area contributed by atoms with E-state index < -0.39 is 0 Å². The summed E-state index contributed by atoms with van der Waals surface area (Å²) in [6.45, 7) is 2.50. The minimum atomic E-state index is -0.345. The lowest BCUT2D eigenvalue weighted by Crippen LogP contribution is -2.23. The van der Waals surface area contributed by atoms with Crippen LogP contribution in [-0.2, 0) is 0 Å². The van der Waals surface area contributed by atoms with Gasteiger partial charge in [0.25, 0.3) is 0 Å². The number of ether oxygens (including phenoxy) is 1. The van der Waals surface area contributed by atoms with Crippen molar-refractivity contribution in [1.29, 1.82) is 0 Å². The average Bonchev–Trinajstić information content (AvgIpc) is 2.41. The SMILES string of the molecule is CC1CCC(Oc2ccc(C#CCN)c(F)c2)CC1. The van der Waals surface area contributed by atoms with E-state index in [1.54, 1.807) is 12.1 Å². The van der Waals surface area contributed by atoms with Crippen LogP contribution in [-0.4, -0.2) is 12.6 Å². The molecule has 1 aliphatic carbocycles. The lowest BCUT2D eigenvalue weighted by molar-refractivity contribution is 0.135. The Hall–Kier alpha value is -1.53. The van der Waals surface area contributed by atoms with Crippen LogP contribution in [0.2, 0.25) is 0 Å². The first kappa shape index (κ1) is 13.9. The molecule has 19 heavy (non-hydrogen) atoms. The molecule has 3 heteroatoms. The first-order valence-electron chi connectivity index (χ1n) is 6.84. The number of rotatable bonds is 2. The van der Waals surface area contributed by atoms with Gasteiger partial charge in [-0.1, -0.05) is 18.8 Å². The van der Waals surface area contributed by atoms with E-state index in [-0.39, 0.29) is 18.5 Å². The van der Waals surface area contributed by atoms with Crippen LogP contribution in [0.25, 0.3) is 0 Å². The number of benzene rings is 1. The Labute approximate surface area is 114 Å². The van der Waals surface area contributed by atoms with Gasteiger partial charge >= 0.3 is 0 Å². The van der Waals surface area contributed by atoms with Crippen molar-refractivity contribution in [3.05, 3.63) is 29.6 Å². The van der Waals surface area contributed by atoms with Crippen LogP contribution in [0.1, 0.15) is 38.2 Å². The summed E-state index contributed by atoms with van der Waals surface area (Å²) in [5.41, 5.74) is 5.64. The first-order chi connectivity index (χ1) is 9.19. The van der Waals surface area contributed by atoms with Crippen molar-refractivity contribution in [2.75, 3.05) is 6.54 Å². The summed E-state index contributed by atoms with van der Waals surface area (Å²) in [6.07, 6.45) is 4.70. The first-order valence-corrected chi connectivity index (χ1v) is 6.84. The molecule has 0 aliphatic heterocycles. The maximum atomic E-state index is 13.8. The van der Waals surface area contributed by atoms with Crippen molar-refractivity contribution in [1.82, 2.24) is 0 Å². The van der Waals surface area contributed by atoms with Crippen LogP contribution in [0, 0.1) is 23.6 Å². The Bertz CT molecular complexity index is 481. The molecule has 1 fully saturated rings. The molecule has 0 bridgehead atoms. The molecule has 1 aromatic rings. The van der Waals surface area contributed by atoms with Crippen LogP contribution >= 0.6 is 0 Å². The molecule has 2 rings (SSSR count). The third-order valence-corrected chi connectivity index (χ3v) is 3.53. The Balaban J connectivity index is 2.00. The fourth-order valence-corrected chi connectivity index (χ4v) is 2.36. The second-order valence-electron chi connectivity index (χ2n) is 5.15. The fourth-order valence-electron chi connectivity index (χ4n) is 2.36. The van der Waals surface area contributed by atoms with Crippen LogP contribution in [0.5, 0.6) is 5.75 Å². The second kappa shape index (κ2) is 6.58. The number of hydrogen-bond donors (Lipinski definition) is 1. The van der Waals surface area contributed by atoms with E-state index in [9.17, 15) is 4.39 Å². The molecule has 1 aromatic carbocycles. The van der Waals surface area contributed by atoms with Gasteiger partial charge in [0.2, 0.25) is 0 Å². The van der Waals surface area contributed by atoms with Gasteiger partial charge in [-0.25, -0.2) is 4.39 Å². The lowest BCUT2D eigenvalue weighted by atomic mass is 9.89. The minimum absolute atomic E-state index is 0.219. The molecule has 1 aliphatic rings. The minimum Gasteiger partial charge on any atom is -0.490 e. The summed E-state index contributed by atoms with van der Waals surface area (Å²) in [4.78, 5) is 0. The van der Waals surface area contributed by atoms with Gasteiger partial charge in [-0.05, 0) is 43.7 Å². The van der Waals surface area contributed by atoms with Gasteiger partial charge in [-0.3, -0.25) is 0 Å². The predicted octanol–water partition coefficient (Wildman–Crippen LogP) is 3.09. The average molecular weight is 261 g/mol. The summed E-state index contributed by atoms with van der Waals surface area (Å²) in [6, 6.07) is 4.85. The monoisotopic (exact) mass is 261 g/mol. The zero-order valence-electron chi connectivity index (χ0n) is 11.3. The van der Waals surface area contributed by atoms with Gasteiger partial charge in [0, 0.05) is 6.07 Å². The molecule has 2 N–H and O–H groups in total. The van der Waals surface area contributed by atoms with Crippen molar-refractivity contribution in [2.45, 2.75) is 38.7 Å². The third kappa shape index (κ3) is 3.97. The van der Waals surface area contributed by atoms with E-state index in [0.717, 1.165) is 18.8 Å². The van der Waals surface area contributed by atoms with Gasteiger partial charge in [0.15, 0.2) is 0 Å². The standard InChI is InChI=1S/C16H20FNO/c1-12-4-7-14(8-5-12)19-15-9-6-13(3-2-10-18)16(17)11-15/h6,9,11-12,14H,4-5,7-8,10,18H2,1H3. The number of nitrogens with two attached hydrogens (primary N) is 1. The summed E-state index contributed by atoms with van der Waals surface area (Å²) >= 11 is 0. The fraction of sp³-hybridized carbons (Fsp3) is 0.500. The van der Waals surface area contributed by atoms with Crippen molar-refractivity contribution in [3.8, 4) is 17.6 Å². The third-order valence-electron chi connectivity index (χ3n) is 3.53. The molecule has 0 saturated heterocycles. The largest absolute Gasteiger partial charge is 0.490 e. The molecule has 0 radical (unpaired) electrons. The van der Waals surface area contributed by atoms with Crippen LogP contribution in [0.15, 0.2) is 18.2 Å².